The van der Waals surface area contributed by atoms with Crippen LogP contribution in [0.4, 0.5) is 11.4 Å². The Labute approximate surface area is 147 Å². The lowest BCUT2D eigenvalue weighted by atomic mass is 10.2. The van der Waals surface area contributed by atoms with Crippen molar-refractivity contribution in [1.29, 1.82) is 5.26 Å². The molecular formula is C17H14IN3O2. The van der Waals surface area contributed by atoms with Gasteiger partial charge in [0.1, 0.15) is 17.4 Å². The number of halogens is 1. The maximum Gasteiger partial charge on any atom is 0.267 e. The summed E-state index contributed by atoms with van der Waals surface area (Å²) in [6.07, 6.45) is 1.27. The van der Waals surface area contributed by atoms with Gasteiger partial charge in [0.15, 0.2) is 0 Å². The SMILES string of the molecule is Cc1cc(I)ccc1NC(=O)/C(C#N)=C\Nc1ccccc1O. The summed E-state index contributed by atoms with van der Waals surface area (Å²) in [5.74, 6) is -0.477. The quantitative estimate of drug-likeness (QED) is 0.305. The summed E-state index contributed by atoms with van der Waals surface area (Å²) in [4.78, 5) is 12.2. The molecule has 0 bridgehead atoms. The fraction of sp³-hybridized carbons (Fsp3) is 0.0588. The van der Waals surface area contributed by atoms with Crippen LogP contribution >= 0.6 is 22.6 Å². The number of phenols is 1. The van der Waals surface area contributed by atoms with Crippen molar-refractivity contribution in [1.82, 2.24) is 0 Å². The molecule has 0 heterocycles. The van der Waals surface area contributed by atoms with E-state index in [-0.39, 0.29) is 11.3 Å². The van der Waals surface area contributed by atoms with Gasteiger partial charge in [-0.1, -0.05) is 12.1 Å². The molecule has 0 spiro atoms. The second-order valence-corrected chi connectivity index (χ2v) is 5.99. The van der Waals surface area contributed by atoms with Crippen molar-refractivity contribution in [3.8, 4) is 11.8 Å². The van der Waals surface area contributed by atoms with Gasteiger partial charge in [-0.2, -0.15) is 5.26 Å². The number of anilines is 2. The zero-order valence-corrected chi connectivity index (χ0v) is 14.5. The first-order chi connectivity index (χ1) is 11.0. The van der Waals surface area contributed by atoms with E-state index in [9.17, 15) is 9.90 Å². The minimum Gasteiger partial charge on any atom is -0.506 e. The number of carbonyl (C=O) groups is 1. The number of para-hydroxylation sites is 2. The third-order valence-corrected chi connectivity index (χ3v) is 3.75. The summed E-state index contributed by atoms with van der Waals surface area (Å²) in [7, 11) is 0. The highest BCUT2D eigenvalue weighted by Gasteiger charge is 2.11. The van der Waals surface area contributed by atoms with Gasteiger partial charge < -0.3 is 15.7 Å². The second-order valence-electron chi connectivity index (χ2n) is 4.74. The number of aromatic hydroxyl groups is 1. The summed E-state index contributed by atoms with van der Waals surface area (Å²) >= 11 is 2.19. The van der Waals surface area contributed by atoms with Gasteiger partial charge in [0.25, 0.3) is 5.91 Å². The van der Waals surface area contributed by atoms with Crippen LogP contribution in [0.1, 0.15) is 5.56 Å². The summed E-state index contributed by atoms with van der Waals surface area (Å²) in [5.41, 5.74) is 1.89. The first-order valence-electron chi connectivity index (χ1n) is 6.73. The Hall–Kier alpha value is -2.53. The molecule has 0 unspecified atom stereocenters. The second kappa shape index (κ2) is 7.65. The number of phenolic OH excluding ortho intramolecular Hbond substituents is 1. The van der Waals surface area contributed by atoms with Crippen molar-refractivity contribution in [3.05, 3.63) is 63.4 Å². The number of hydrogen-bond acceptors (Lipinski definition) is 4. The molecule has 23 heavy (non-hydrogen) atoms. The Balaban J connectivity index is 2.14. The molecular weight excluding hydrogens is 405 g/mol. The fourth-order valence-electron chi connectivity index (χ4n) is 1.85. The standard InChI is InChI=1S/C17H14IN3O2/c1-11-8-13(18)6-7-14(11)21-17(23)12(9-19)10-20-15-4-2-3-5-16(15)22/h2-8,10,20,22H,1H3,(H,21,23)/b12-10-. The molecule has 5 nitrogen and oxygen atoms in total. The molecule has 0 saturated heterocycles. The number of amides is 1. The monoisotopic (exact) mass is 419 g/mol. The molecule has 0 fully saturated rings. The van der Waals surface area contributed by atoms with Crippen LogP contribution in [0.25, 0.3) is 0 Å². The van der Waals surface area contributed by atoms with Crippen LogP contribution in [0.15, 0.2) is 54.2 Å². The maximum absolute atomic E-state index is 12.2. The van der Waals surface area contributed by atoms with Crippen molar-refractivity contribution in [2.45, 2.75) is 6.92 Å². The fourth-order valence-corrected chi connectivity index (χ4v) is 2.50. The molecule has 116 valence electrons. The van der Waals surface area contributed by atoms with Crippen molar-refractivity contribution < 1.29 is 9.90 Å². The molecule has 0 aliphatic carbocycles. The van der Waals surface area contributed by atoms with Crippen LogP contribution in [0, 0.1) is 21.8 Å². The van der Waals surface area contributed by atoms with Crippen LogP contribution < -0.4 is 10.6 Å². The van der Waals surface area contributed by atoms with E-state index < -0.39 is 5.91 Å². The Morgan fingerprint density at radius 2 is 2.00 bits per heavy atom. The molecule has 6 heteroatoms. The van der Waals surface area contributed by atoms with E-state index in [4.69, 9.17) is 5.26 Å². The van der Waals surface area contributed by atoms with Crippen LogP contribution in [0.5, 0.6) is 5.75 Å². The predicted octanol–water partition coefficient (Wildman–Crippen LogP) is 3.76. The highest BCUT2D eigenvalue weighted by Crippen LogP contribution is 2.22. The van der Waals surface area contributed by atoms with Crippen LogP contribution in [0.2, 0.25) is 0 Å². The Kier molecular flexibility index (Phi) is 5.60. The first kappa shape index (κ1) is 16.8. The zero-order chi connectivity index (χ0) is 16.8. The van der Waals surface area contributed by atoms with Crippen LogP contribution in [-0.4, -0.2) is 11.0 Å². The molecule has 3 N–H and O–H groups in total. The van der Waals surface area contributed by atoms with Gasteiger partial charge in [-0.05, 0) is 65.4 Å². The van der Waals surface area contributed by atoms with Crippen molar-refractivity contribution >= 4 is 39.9 Å². The average molecular weight is 419 g/mol. The van der Waals surface area contributed by atoms with Gasteiger partial charge in [-0.15, -0.1) is 0 Å². The van der Waals surface area contributed by atoms with E-state index in [1.54, 1.807) is 24.3 Å². The molecule has 0 atom stereocenters. The van der Waals surface area contributed by atoms with Gasteiger partial charge in [0, 0.05) is 15.5 Å². The normalized spacial score (nSPS) is 10.7. The van der Waals surface area contributed by atoms with Crippen molar-refractivity contribution in [3.63, 3.8) is 0 Å². The Morgan fingerprint density at radius 1 is 1.26 bits per heavy atom. The molecule has 0 aliphatic rings. The van der Waals surface area contributed by atoms with Gasteiger partial charge in [-0.3, -0.25) is 4.79 Å². The summed E-state index contributed by atoms with van der Waals surface area (Å²) < 4.78 is 1.07. The highest BCUT2D eigenvalue weighted by molar-refractivity contribution is 14.1. The maximum atomic E-state index is 12.2. The van der Waals surface area contributed by atoms with Crippen molar-refractivity contribution in [2.24, 2.45) is 0 Å². The zero-order valence-electron chi connectivity index (χ0n) is 12.3. The summed E-state index contributed by atoms with van der Waals surface area (Å²) in [6, 6.07) is 14.0. The molecule has 0 aliphatic heterocycles. The highest BCUT2D eigenvalue weighted by atomic mass is 127. The number of carbonyl (C=O) groups excluding carboxylic acids is 1. The van der Waals surface area contributed by atoms with E-state index in [0.29, 0.717) is 11.4 Å². The number of hydrogen-bond donors (Lipinski definition) is 3. The minimum atomic E-state index is -0.514. The van der Waals surface area contributed by atoms with E-state index in [0.717, 1.165) is 9.13 Å². The van der Waals surface area contributed by atoms with Crippen LogP contribution in [-0.2, 0) is 4.79 Å². The van der Waals surface area contributed by atoms with E-state index in [2.05, 4.69) is 33.2 Å². The smallest absolute Gasteiger partial charge is 0.267 e. The van der Waals surface area contributed by atoms with E-state index in [1.165, 1.54) is 12.3 Å². The molecule has 2 rings (SSSR count). The van der Waals surface area contributed by atoms with Crippen LogP contribution in [0.3, 0.4) is 0 Å². The number of benzene rings is 2. The third-order valence-electron chi connectivity index (χ3n) is 3.08. The van der Waals surface area contributed by atoms with Gasteiger partial charge in [0.05, 0.1) is 5.69 Å². The topological polar surface area (TPSA) is 85.2 Å². The molecule has 2 aromatic carbocycles. The lowest BCUT2D eigenvalue weighted by Gasteiger charge is -2.09. The number of nitrogens with one attached hydrogen (secondary N) is 2. The van der Waals surface area contributed by atoms with E-state index in [1.807, 2.05) is 25.1 Å². The number of nitrogens with zero attached hydrogens (tertiary/aromatic N) is 1. The van der Waals surface area contributed by atoms with Gasteiger partial charge >= 0.3 is 0 Å². The largest absolute Gasteiger partial charge is 0.506 e. The molecule has 0 radical (unpaired) electrons. The lowest BCUT2D eigenvalue weighted by molar-refractivity contribution is -0.112. The van der Waals surface area contributed by atoms with Crippen molar-refractivity contribution in [2.75, 3.05) is 10.6 Å². The average Bonchev–Trinajstić information content (AvgIpc) is 2.52. The minimum absolute atomic E-state index is 0.0370. The van der Waals surface area contributed by atoms with Gasteiger partial charge in [-0.25, -0.2) is 0 Å². The Morgan fingerprint density at radius 3 is 2.65 bits per heavy atom. The molecule has 0 saturated carbocycles. The third kappa shape index (κ3) is 4.47. The predicted molar refractivity (Wildman–Crippen MR) is 98.0 cm³/mol. The summed E-state index contributed by atoms with van der Waals surface area (Å²) in [5, 5.41) is 24.3. The molecule has 2 aromatic rings. The first-order valence-corrected chi connectivity index (χ1v) is 7.81. The van der Waals surface area contributed by atoms with Gasteiger partial charge in [0.2, 0.25) is 0 Å². The number of aryl methyl sites for hydroxylation is 1. The summed E-state index contributed by atoms with van der Waals surface area (Å²) in [6.45, 7) is 1.88. The Bertz CT molecular complexity index is 810. The lowest BCUT2D eigenvalue weighted by Crippen LogP contribution is -2.15. The number of rotatable bonds is 4. The van der Waals surface area contributed by atoms with E-state index >= 15 is 0 Å². The number of nitriles is 1. The molecule has 1 amide bonds. The molecule has 0 aromatic heterocycles.